The molecule has 5 rings (SSSR count). The first-order chi connectivity index (χ1) is 16.5. The molecule has 2 atom stereocenters. The average molecular weight is 499 g/mol. The van der Waals surface area contributed by atoms with Gasteiger partial charge in [-0.15, -0.1) is 0 Å². The number of benzene rings is 1. The lowest BCUT2D eigenvalue weighted by molar-refractivity contribution is -0.144. The zero-order valence-corrected chi connectivity index (χ0v) is 18.1. The van der Waals surface area contributed by atoms with Gasteiger partial charge in [-0.3, -0.25) is 9.59 Å². The smallest absolute Gasteiger partial charge is 0.342 e. The van der Waals surface area contributed by atoms with Crippen molar-refractivity contribution in [1.82, 2.24) is 14.8 Å². The van der Waals surface area contributed by atoms with Gasteiger partial charge in [0.2, 0.25) is 0 Å². The molecule has 4 heterocycles. The highest BCUT2D eigenvalue weighted by molar-refractivity contribution is 5.95. The molecule has 0 radical (unpaired) electrons. The fraction of sp³-hybridized carbons (Fsp3) is 0.435. The maximum Gasteiger partial charge on any atom is 0.436 e. The summed E-state index contributed by atoms with van der Waals surface area (Å²) in [5.74, 6) is -4.56. The van der Waals surface area contributed by atoms with Crippen molar-refractivity contribution in [1.29, 1.82) is 0 Å². The first-order valence-electron chi connectivity index (χ1n) is 11.0. The summed E-state index contributed by atoms with van der Waals surface area (Å²) in [5.41, 5.74) is -3.47. The Morgan fingerprint density at radius 1 is 1.06 bits per heavy atom. The Kier molecular flexibility index (Phi) is 5.53. The molecule has 3 aliphatic rings. The first-order valence-corrected chi connectivity index (χ1v) is 11.0. The Morgan fingerprint density at radius 2 is 1.71 bits per heavy atom. The van der Waals surface area contributed by atoms with Crippen LogP contribution in [0.25, 0.3) is 0 Å². The molecule has 0 aliphatic carbocycles. The molecule has 0 bridgehead atoms. The number of hydrogen-bond donors (Lipinski definition) is 0. The summed E-state index contributed by atoms with van der Waals surface area (Å²) in [4.78, 5) is 31.8. The Bertz CT molecular complexity index is 1180. The number of amides is 2. The lowest BCUT2D eigenvalue weighted by atomic mass is 9.89. The molecule has 1 aromatic heterocycles. The second-order valence-electron chi connectivity index (χ2n) is 8.89. The van der Waals surface area contributed by atoms with Crippen molar-refractivity contribution < 1.29 is 40.7 Å². The number of likely N-dealkylation sites (tertiary alicyclic amines) is 1. The van der Waals surface area contributed by atoms with E-state index in [2.05, 4.69) is 4.98 Å². The highest BCUT2D eigenvalue weighted by Gasteiger charge is 2.58. The molecule has 12 heteroatoms. The van der Waals surface area contributed by atoms with E-state index in [0.29, 0.717) is 18.4 Å². The van der Waals surface area contributed by atoms with Gasteiger partial charge in [-0.05, 0) is 36.6 Å². The SMILES string of the molecule is O=C(c1ccnc(C(F)(F)F)c1F)N1CCC2(CC1)O[C@@H]1CC[C@@H](c3cc(F)cc(F)c3)N1C2=O. The van der Waals surface area contributed by atoms with Crippen molar-refractivity contribution in [2.24, 2.45) is 0 Å². The normalized spacial score (nSPS) is 23.8. The maximum absolute atomic E-state index is 14.4. The molecule has 6 nitrogen and oxygen atoms in total. The van der Waals surface area contributed by atoms with Gasteiger partial charge >= 0.3 is 6.18 Å². The number of aromatic nitrogens is 1. The predicted octanol–water partition coefficient (Wildman–Crippen LogP) is 4.21. The Labute approximate surface area is 195 Å². The van der Waals surface area contributed by atoms with E-state index in [1.54, 1.807) is 0 Å². The number of rotatable bonds is 2. The van der Waals surface area contributed by atoms with Crippen molar-refractivity contribution in [2.45, 2.75) is 49.7 Å². The van der Waals surface area contributed by atoms with E-state index in [9.17, 15) is 35.9 Å². The number of carbonyl (C=O) groups is 2. The van der Waals surface area contributed by atoms with Crippen molar-refractivity contribution in [3.63, 3.8) is 0 Å². The topological polar surface area (TPSA) is 62.7 Å². The number of pyridine rings is 1. The molecule has 1 aromatic carbocycles. The monoisotopic (exact) mass is 499 g/mol. The third-order valence-electron chi connectivity index (χ3n) is 6.84. The van der Waals surface area contributed by atoms with Crippen molar-refractivity contribution >= 4 is 11.8 Å². The molecule has 0 saturated carbocycles. The Hall–Kier alpha value is -3.15. The predicted molar refractivity (Wildman–Crippen MR) is 107 cm³/mol. The summed E-state index contributed by atoms with van der Waals surface area (Å²) >= 11 is 0. The lowest BCUT2D eigenvalue weighted by Gasteiger charge is -2.37. The number of hydrogen-bond acceptors (Lipinski definition) is 4. The zero-order valence-electron chi connectivity index (χ0n) is 18.1. The van der Waals surface area contributed by atoms with Gasteiger partial charge in [-0.1, -0.05) is 0 Å². The van der Waals surface area contributed by atoms with Gasteiger partial charge in [0.25, 0.3) is 11.8 Å². The standard InChI is InChI=1S/C23H19F6N3O3/c24-13-9-12(10-14(25)11-13)16-1-2-17-32(16)21(34)22(35-17)4-7-31(8-5-22)20(33)15-3-6-30-19(18(15)26)23(27,28)29/h3,6,9-11,16-17H,1-2,4-5,7-8H2/t16-,17+/m0/s1. The second-order valence-corrected chi connectivity index (χ2v) is 8.89. The molecule has 0 unspecified atom stereocenters. The van der Waals surface area contributed by atoms with Gasteiger partial charge in [0, 0.05) is 38.2 Å². The van der Waals surface area contributed by atoms with Crippen LogP contribution < -0.4 is 0 Å². The third-order valence-corrected chi connectivity index (χ3v) is 6.84. The molecule has 3 fully saturated rings. The van der Waals surface area contributed by atoms with Crippen molar-refractivity contribution in [3.8, 4) is 0 Å². The summed E-state index contributed by atoms with van der Waals surface area (Å²) in [6, 6.07) is 3.41. The highest BCUT2D eigenvalue weighted by atomic mass is 19.4. The molecular weight excluding hydrogens is 480 g/mol. The van der Waals surface area contributed by atoms with E-state index in [4.69, 9.17) is 4.74 Å². The number of alkyl halides is 3. The number of fused-ring (bicyclic) bond motifs is 1. The van der Waals surface area contributed by atoms with Crippen LogP contribution in [0, 0.1) is 17.5 Å². The highest BCUT2D eigenvalue weighted by Crippen LogP contribution is 2.48. The molecule has 1 spiro atoms. The molecular formula is C23H19F6N3O3. The van der Waals surface area contributed by atoms with Gasteiger partial charge in [-0.2, -0.15) is 13.2 Å². The molecule has 2 aromatic rings. The first kappa shape index (κ1) is 23.6. The number of ether oxygens (including phenoxy) is 1. The van der Waals surface area contributed by atoms with Gasteiger partial charge in [0.1, 0.15) is 17.9 Å². The number of piperidine rings is 1. The lowest BCUT2D eigenvalue weighted by Crippen LogP contribution is -2.51. The molecule has 0 N–H and O–H groups in total. The zero-order chi connectivity index (χ0) is 25.1. The summed E-state index contributed by atoms with van der Waals surface area (Å²) in [6.07, 6.45) is -3.90. The van der Waals surface area contributed by atoms with Crippen LogP contribution in [0.3, 0.4) is 0 Å². The summed E-state index contributed by atoms with van der Waals surface area (Å²) in [7, 11) is 0. The summed E-state index contributed by atoms with van der Waals surface area (Å²) in [6.45, 7) is -0.0962. The van der Waals surface area contributed by atoms with Crippen LogP contribution in [0.15, 0.2) is 30.5 Å². The maximum atomic E-state index is 14.4. The number of nitrogens with zero attached hydrogens (tertiary/aromatic N) is 3. The molecule has 3 aliphatic heterocycles. The minimum Gasteiger partial charge on any atom is -0.342 e. The van der Waals surface area contributed by atoms with Crippen LogP contribution in [-0.2, 0) is 15.7 Å². The van der Waals surface area contributed by atoms with Crippen LogP contribution in [0.1, 0.15) is 53.3 Å². The van der Waals surface area contributed by atoms with Crippen molar-refractivity contribution in [3.05, 3.63) is 64.7 Å². The van der Waals surface area contributed by atoms with E-state index in [1.165, 1.54) is 21.9 Å². The fourth-order valence-corrected chi connectivity index (χ4v) is 5.19. The van der Waals surface area contributed by atoms with Gasteiger partial charge < -0.3 is 14.5 Å². The summed E-state index contributed by atoms with van der Waals surface area (Å²) in [5, 5.41) is 0. The molecule has 2 amide bonds. The van der Waals surface area contributed by atoms with Gasteiger partial charge in [-0.25, -0.2) is 18.2 Å². The van der Waals surface area contributed by atoms with Crippen molar-refractivity contribution in [2.75, 3.05) is 13.1 Å². The van der Waals surface area contributed by atoms with E-state index < -0.39 is 58.7 Å². The Morgan fingerprint density at radius 3 is 2.34 bits per heavy atom. The minimum atomic E-state index is -5.05. The van der Waals surface area contributed by atoms with Crippen LogP contribution >= 0.6 is 0 Å². The quantitative estimate of drug-likeness (QED) is 0.581. The molecule has 35 heavy (non-hydrogen) atoms. The van der Waals surface area contributed by atoms with E-state index >= 15 is 0 Å². The van der Waals surface area contributed by atoms with Crippen LogP contribution in [-0.4, -0.2) is 51.5 Å². The number of carbonyl (C=O) groups excluding carboxylic acids is 2. The van der Waals surface area contributed by atoms with Crippen LogP contribution in [0.5, 0.6) is 0 Å². The van der Waals surface area contributed by atoms with E-state index in [-0.39, 0.29) is 31.8 Å². The number of halogens is 6. The van der Waals surface area contributed by atoms with Gasteiger partial charge in [0.15, 0.2) is 17.1 Å². The third kappa shape index (κ3) is 3.93. The Balaban J connectivity index is 1.32. The van der Waals surface area contributed by atoms with Gasteiger partial charge in [0.05, 0.1) is 11.6 Å². The molecule has 3 saturated heterocycles. The minimum absolute atomic E-state index is 0.0481. The molecule has 186 valence electrons. The largest absolute Gasteiger partial charge is 0.436 e. The van der Waals surface area contributed by atoms with E-state index in [1.807, 2.05) is 0 Å². The van der Waals surface area contributed by atoms with E-state index in [0.717, 1.165) is 18.3 Å². The fourth-order valence-electron chi connectivity index (χ4n) is 5.19. The second kappa shape index (κ2) is 8.21. The average Bonchev–Trinajstić information content (AvgIpc) is 3.31. The van der Waals surface area contributed by atoms with Crippen LogP contribution in [0.2, 0.25) is 0 Å². The van der Waals surface area contributed by atoms with Crippen LogP contribution in [0.4, 0.5) is 26.3 Å². The summed E-state index contributed by atoms with van der Waals surface area (Å²) < 4.78 is 86.8.